The van der Waals surface area contributed by atoms with Crippen LogP contribution in [0.1, 0.15) is 38.3 Å². The summed E-state index contributed by atoms with van der Waals surface area (Å²) in [5.74, 6) is 0.437. The molecule has 106 valence electrons. The van der Waals surface area contributed by atoms with Crippen LogP contribution in [0.2, 0.25) is 0 Å². The van der Waals surface area contributed by atoms with Gasteiger partial charge in [0.25, 0.3) is 0 Å². The number of phenols is 1. The maximum atomic E-state index is 10.2. The molecule has 1 aliphatic heterocycles. The summed E-state index contributed by atoms with van der Waals surface area (Å²) in [4.78, 5) is 2.43. The topological polar surface area (TPSA) is 35.5 Å². The lowest BCUT2D eigenvalue weighted by Gasteiger charge is -2.39. The smallest absolute Gasteiger partial charge is 0.120 e. The molecule has 1 aromatic rings. The molecule has 0 bridgehead atoms. The minimum Gasteiger partial charge on any atom is -0.508 e. The second kappa shape index (κ2) is 5.93. The number of aromatic hydroxyl groups is 1. The third-order valence-electron chi connectivity index (χ3n) is 4.41. The number of hydrogen-bond donors (Lipinski definition) is 2. The summed E-state index contributed by atoms with van der Waals surface area (Å²) in [6, 6.07) is 5.90. The van der Waals surface area contributed by atoms with Crippen LogP contribution in [-0.2, 0) is 12.0 Å². The minimum atomic E-state index is -0.110. The summed E-state index contributed by atoms with van der Waals surface area (Å²) in [5, 5.41) is 13.8. The van der Waals surface area contributed by atoms with E-state index in [4.69, 9.17) is 0 Å². The number of phenolic OH excluding ortho intramolecular Hbond substituents is 1. The lowest BCUT2D eigenvalue weighted by Crippen LogP contribution is -2.47. The van der Waals surface area contributed by atoms with Crippen LogP contribution in [0.5, 0.6) is 5.75 Å². The average Bonchev–Trinajstić information content (AvgIpc) is 2.40. The van der Waals surface area contributed by atoms with Crippen LogP contribution in [0.25, 0.3) is 0 Å². The first-order chi connectivity index (χ1) is 9.10. The summed E-state index contributed by atoms with van der Waals surface area (Å²) < 4.78 is 0. The molecule has 0 aliphatic carbocycles. The van der Waals surface area contributed by atoms with Crippen molar-refractivity contribution in [2.45, 2.75) is 39.2 Å². The Hall–Kier alpha value is -1.06. The van der Waals surface area contributed by atoms with E-state index in [1.165, 1.54) is 5.56 Å². The number of hydrogen-bond acceptors (Lipinski definition) is 3. The van der Waals surface area contributed by atoms with Gasteiger partial charge in [-0.25, -0.2) is 0 Å². The van der Waals surface area contributed by atoms with E-state index in [-0.39, 0.29) is 5.54 Å². The van der Waals surface area contributed by atoms with Gasteiger partial charge in [0.15, 0.2) is 0 Å². The van der Waals surface area contributed by atoms with E-state index in [0.717, 1.165) is 44.6 Å². The molecule has 1 atom stereocenters. The van der Waals surface area contributed by atoms with Crippen molar-refractivity contribution in [1.29, 1.82) is 0 Å². The highest BCUT2D eigenvalue weighted by molar-refractivity contribution is 5.45. The fourth-order valence-corrected chi connectivity index (χ4v) is 3.13. The number of nitrogens with one attached hydrogen (secondary N) is 1. The monoisotopic (exact) mass is 262 g/mol. The van der Waals surface area contributed by atoms with Crippen molar-refractivity contribution >= 4 is 0 Å². The lowest BCUT2D eigenvalue weighted by atomic mass is 9.80. The maximum Gasteiger partial charge on any atom is 0.120 e. The molecule has 1 aromatic carbocycles. The number of benzene rings is 1. The highest BCUT2D eigenvalue weighted by Crippen LogP contribution is 2.37. The molecule has 0 fully saturated rings. The van der Waals surface area contributed by atoms with E-state index < -0.39 is 0 Å². The van der Waals surface area contributed by atoms with Crippen LogP contribution in [0.15, 0.2) is 18.2 Å². The molecule has 19 heavy (non-hydrogen) atoms. The summed E-state index contributed by atoms with van der Waals surface area (Å²) in [7, 11) is 0. The highest BCUT2D eigenvalue weighted by Gasteiger charge is 2.33. The van der Waals surface area contributed by atoms with Crippen LogP contribution in [0.3, 0.4) is 0 Å². The first-order valence-corrected chi connectivity index (χ1v) is 7.39. The van der Waals surface area contributed by atoms with Crippen molar-refractivity contribution in [1.82, 2.24) is 10.2 Å². The Labute approximate surface area is 116 Å². The molecule has 2 rings (SSSR count). The van der Waals surface area contributed by atoms with Crippen molar-refractivity contribution in [3.05, 3.63) is 29.3 Å². The normalized spacial score (nSPS) is 22.5. The molecular weight excluding hydrogens is 236 g/mol. The van der Waals surface area contributed by atoms with Crippen molar-refractivity contribution < 1.29 is 5.11 Å². The summed E-state index contributed by atoms with van der Waals surface area (Å²) >= 11 is 0. The Balaban J connectivity index is 2.21. The van der Waals surface area contributed by atoms with Crippen LogP contribution in [0.4, 0.5) is 0 Å². The zero-order valence-corrected chi connectivity index (χ0v) is 12.4. The van der Waals surface area contributed by atoms with Gasteiger partial charge in [-0.15, -0.1) is 0 Å². The van der Waals surface area contributed by atoms with E-state index in [2.05, 4.69) is 37.1 Å². The minimum absolute atomic E-state index is 0.110. The molecule has 1 aliphatic rings. The van der Waals surface area contributed by atoms with Crippen LogP contribution in [-0.4, -0.2) is 36.2 Å². The van der Waals surface area contributed by atoms with Crippen molar-refractivity contribution in [3.8, 4) is 5.75 Å². The van der Waals surface area contributed by atoms with E-state index >= 15 is 0 Å². The molecule has 0 saturated heterocycles. The highest BCUT2D eigenvalue weighted by atomic mass is 16.3. The Morgan fingerprint density at radius 2 is 2.05 bits per heavy atom. The van der Waals surface area contributed by atoms with Crippen LogP contribution < -0.4 is 5.32 Å². The second-order valence-corrected chi connectivity index (χ2v) is 5.60. The van der Waals surface area contributed by atoms with Gasteiger partial charge in [0.2, 0.25) is 0 Å². The molecule has 2 N–H and O–H groups in total. The van der Waals surface area contributed by atoms with Crippen LogP contribution >= 0.6 is 0 Å². The van der Waals surface area contributed by atoms with Gasteiger partial charge in [-0.1, -0.05) is 26.0 Å². The van der Waals surface area contributed by atoms with Crippen molar-refractivity contribution in [2.24, 2.45) is 0 Å². The molecule has 0 aromatic heterocycles. The standard InChI is InChI=1S/C16H26N2O/c1-4-18(5-2)12-10-16(3)15-13(9-11-17-16)7-6-8-14(15)19/h6-8,17,19H,4-5,9-12H2,1-3H3. The summed E-state index contributed by atoms with van der Waals surface area (Å²) in [5.41, 5.74) is 2.29. The third-order valence-corrected chi connectivity index (χ3v) is 4.41. The zero-order chi connectivity index (χ0) is 13.9. The molecule has 0 amide bonds. The lowest BCUT2D eigenvalue weighted by molar-refractivity contribution is 0.231. The maximum absolute atomic E-state index is 10.2. The molecule has 1 heterocycles. The van der Waals surface area contributed by atoms with Crippen molar-refractivity contribution in [3.63, 3.8) is 0 Å². The molecule has 0 spiro atoms. The van der Waals surface area contributed by atoms with Gasteiger partial charge in [-0.2, -0.15) is 0 Å². The molecule has 3 heteroatoms. The predicted molar refractivity (Wildman–Crippen MR) is 79.6 cm³/mol. The molecular formula is C16H26N2O. The molecule has 0 radical (unpaired) electrons. The first-order valence-electron chi connectivity index (χ1n) is 7.39. The van der Waals surface area contributed by atoms with Gasteiger partial charge in [-0.3, -0.25) is 0 Å². The second-order valence-electron chi connectivity index (χ2n) is 5.60. The average molecular weight is 262 g/mol. The van der Waals surface area contributed by atoms with Gasteiger partial charge in [0.1, 0.15) is 5.75 Å². The third kappa shape index (κ3) is 2.93. The van der Waals surface area contributed by atoms with E-state index in [0.29, 0.717) is 5.75 Å². The Bertz CT molecular complexity index is 429. The van der Waals surface area contributed by atoms with Crippen molar-refractivity contribution in [2.75, 3.05) is 26.2 Å². The molecule has 0 saturated carbocycles. The number of nitrogens with zero attached hydrogens (tertiary/aromatic N) is 1. The zero-order valence-electron chi connectivity index (χ0n) is 12.4. The number of fused-ring (bicyclic) bond motifs is 1. The largest absolute Gasteiger partial charge is 0.508 e. The van der Waals surface area contributed by atoms with Gasteiger partial charge in [-0.05, 0) is 44.5 Å². The van der Waals surface area contributed by atoms with Crippen LogP contribution in [0, 0.1) is 0 Å². The molecule has 3 nitrogen and oxygen atoms in total. The SMILES string of the molecule is CCN(CC)CCC1(C)NCCc2cccc(O)c21. The Kier molecular flexibility index (Phi) is 4.48. The molecule has 1 unspecified atom stereocenters. The predicted octanol–water partition coefficient (Wildman–Crippen LogP) is 2.49. The van der Waals surface area contributed by atoms with Gasteiger partial charge in [0, 0.05) is 24.2 Å². The van der Waals surface area contributed by atoms with E-state index in [9.17, 15) is 5.11 Å². The van der Waals surface area contributed by atoms with Gasteiger partial charge in [0.05, 0.1) is 0 Å². The quantitative estimate of drug-likeness (QED) is 0.856. The number of rotatable bonds is 5. The van der Waals surface area contributed by atoms with E-state index in [1.54, 1.807) is 0 Å². The summed E-state index contributed by atoms with van der Waals surface area (Å²) in [6.45, 7) is 10.8. The fourth-order valence-electron chi connectivity index (χ4n) is 3.13. The van der Waals surface area contributed by atoms with Gasteiger partial charge < -0.3 is 15.3 Å². The van der Waals surface area contributed by atoms with E-state index in [1.807, 2.05) is 12.1 Å². The Morgan fingerprint density at radius 3 is 2.74 bits per heavy atom. The first kappa shape index (κ1) is 14.4. The fraction of sp³-hybridized carbons (Fsp3) is 0.625. The van der Waals surface area contributed by atoms with Gasteiger partial charge >= 0.3 is 0 Å². The summed E-state index contributed by atoms with van der Waals surface area (Å²) in [6.07, 6.45) is 2.03. The Morgan fingerprint density at radius 1 is 1.32 bits per heavy atom.